The fourth-order valence-electron chi connectivity index (χ4n) is 1.68. The molecule has 0 aliphatic heterocycles. The summed E-state index contributed by atoms with van der Waals surface area (Å²) in [6.45, 7) is 0. The van der Waals surface area contributed by atoms with Gasteiger partial charge in [0, 0.05) is 5.02 Å². The molecular weight excluding hydrogens is 321 g/mol. The normalized spacial score (nSPS) is 10.2. The van der Waals surface area contributed by atoms with Crippen LogP contribution in [0.2, 0.25) is 5.02 Å². The number of carbonyl (C=O) groups is 1. The predicted molar refractivity (Wildman–Crippen MR) is 77.0 cm³/mol. The minimum atomic E-state index is -1.67. The maximum absolute atomic E-state index is 13.5. The molecule has 2 amide bonds. The van der Waals surface area contributed by atoms with Crippen LogP contribution >= 0.6 is 11.6 Å². The molecule has 0 bridgehead atoms. The Morgan fingerprint density at radius 1 is 1.05 bits per heavy atom. The lowest BCUT2D eigenvalue weighted by Crippen LogP contribution is -2.21. The summed E-state index contributed by atoms with van der Waals surface area (Å²) in [5.74, 6) is -4.18. The van der Waals surface area contributed by atoms with Gasteiger partial charge in [-0.2, -0.15) is 0 Å². The molecule has 0 atom stereocenters. The molecule has 2 rings (SSSR count). The van der Waals surface area contributed by atoms with Gasteiger partial charge in [0.05, 0.1) is 18.5 Å². The molecule has 8 heteroatoms. The van der Waals surface area contributed by atoms with Gasteiger partial charge >= 0.3 is 6.03 Å². The van der Waals surface area contributed by atoms with Crippen LogP contribution in [-0.4, -0.2) is 13.1 Å². The van der Waals surface area contributed by atoms with Crippen LogP contribution in [0.1, 0.15) is 0 Å². The second-order valence-electron chi connectivity index (χ2n) is 4.15. The summed E-state index contributed by atoms with van der Waals surface area (Å²) < 4.78 is 44.4. The zero-order valence-electron chi connectivity index (χ0n) is 11.2. The number of rotatable bonds is 3. The Bertz CT molecular complexity index is 725. The molecule has 0 aromatic heterocycles. The first kappa shape index (κ1) is 16.0. The molecule has 0 aliphatic carbocycles. The first-order valence-corrected chi connectivity index (χ1v) is 6.35. The van der Waals surface area contributed by atoms with Crippen LogP contribution < -0.4 is 15.4 Å². The number of ether oxygens (including phenoxy) is 1. The Morgan fingerprint density at radius 2 is 1.73 bits per heavy atom. The maximum Gasteiger partial charge on any atom is 0.323 e. The van der Waals surface area contributed by atoms with E-state index in [9.17, 15) is 18.0 Å². The average molecular weight is 331 g/mol. The van der Waals surface area contributed by atoms with E-state index in [0.717, 1.165) is 6.07 Å². The Balaban J connectivity index is 2.17. The van der Waals surface area contributed by atoms with Crippen molar-refractivity contribution in [2.24, 2.45) is 0 Å². The average Bonchev–Trinajstić information content (AvgIpc) is 2.48. The van der Waals surface area contributed by atoms with Crippen molar-refractivity contribution in [3.63, 3.8) is 0 Å². The SMILES string of the molecule is COc1ccc(Cl)cc1NC(=O)Nc1ccc(F)c(F)c1F. The lowest BCUT2D eigenvalue weighted by atomic mass is 10.2. The molecule has 0 saturated heterocycles. The second-order valence-corrected chi connectivity index (χ2v) is 4.58. The van der Waals surface area contributed by atoms with E-state index in [1.807, 2.05) is 0 Å². The number of urea groups is 1. The van der Waals surface area contributed by atoms with Gasteiger partial charge in [0.15, 0.2) is 17.5 Å². The van der Waals surface area contributed by atoms with Crippen molar-refractivity contribution in [2.75, 3.05) is 17.7 Å². The van der Waals surface area contributed by atoms with E-state index in [2.05, 4.69) is 10.6 Å². The van der Waals surface area contributed by atoms with Gasteiger partial charge in [0.2, 0.25) is 0 Å². The molecular formula is C14H10ClF3N2O2. The van der Waals surface area contributed by atoms with E-state index >= 15 is 0 Å². The third-order valence-electron chi connectivity index (χ3n) is 2.69. The molecule has 22 heavy (non-hydrogen) atoms. The lowest BCUT2D eigenvalue weighted by molar-refractivity contribution is 0.262. The minimum absolute atomic E-state index is 0.232. The summed E-state index contributed by atoms with van der Waals surface area (Å²) in [6, 6.07) is 5.23. The predicted octanol–water partition coefficient (Wildman–Crippen LogP) is 4.41. The van der Waals surface area contributed by atoms with Gasteiger partial charge in [-0.05, 0) is 30.3 Å². The summed E-state index contributed by atoms with van der Waals surface area (Å²) in [7, 11) is 1.39. The van der Waals surface area contributed by atoms with Gasteiger partial charge in [0.1, 0.15) is 5.75 Å². The summed E-state index contributed by atoms with van der Waals surface area (Å²) in [5.41, 5.74) is -0.270. The molecule has 4 nitrogen and oxygen atoms in total. The number of halogens is 4. The van der Waals surface area contributed by atoms with Crippen LogP contribution in [0.25, 0.3) is 0 Å². The molecule has 2 aromatic carbocycles. The Labute approximate surface area is 128 Å². The van der Waals surface area contributed by atoms with Crippen molar-refractivity contribution in [1.29, 1.82) is 0 Å². The zero-order chi connectivity index (χ0) is 16.3. The Hall–Kier alpha value is -2.41. The standard InChI is InChI=1S/C14H10ClF3N2O2/c1-22-11-5-2-7(15)6-10(11)20-14(21)19-9-4-3-8(16)12(17)13(9)18/h2-6H,1H3,(H2,19,20,21). The van der Waals surface area contributed by atoms with Crippen molar-refractivity contribution >= 4 is 29.0 Å². The van der Waals surface area contributed by atoms with Gasteiger partial charge in [0.25, 0.3) is 0 Å². The van der Waals surface area contributed by atoms with E-state index in [4.69, 9.17) is 16.3 Å². The molecule has 0 heterocycles. The third kappa shape index (κ3) is 3.43. The number of hydrogen-bond donors (Lipinski definition) is 2. The van der Waals surface area contributed by atoms with Crippen LogP contribution in [0.15, 0.2) is 30.3 Å². The van der Waals surface area contributed by atoms with Crippen molar-refractivity contribution in [2.45, 2.75) is 0 Å². The highest BCUT2D eigenvalue weighted by Gasteiger charge is 2.16. The van der Waals surface area contributed by atoms with Gasteiger partial charge in [-0.3, -0.25) is 0 Å². The molecule has 116 valence electrons. The van der Waals surface area contributed by atoms with Crippen LogP contribution in [0, 0.1) is 17.5 Å². The van der Waals surface area contributed by atoms with Crippen molar-refractivity contribution in [3.05, 3.63) is 52.8 Å². The van der Waals surface area contributed by atoms with Gasteiger partial charge in [-0.15, -0.1) is 0 Å². The van der Waals surface area contributed by atoms with Gasteiger partial charge in [-0.1, -0.05) is 11.6 Å². The largest absolute Gasteiger partial charge is 0.495 e. The monoisotopic (exact) mass is 330 g/mol. The van der Waals surface area contributed by atoms with Crippen LogP contribution in [0.5, 0.6) is 5.75 Å². The molecule has 0 radical (unpaired) electrons. The zero-order valence-corrected chi connectivity index (χ0v) is 12.0. The molecule has 0 spiro atoms. The lowest BCUT2D eigenvalue weighted by Gasteiger charge is -2.12. The van der Waals surface area contributed by atoms with E-state index in [1.54, 1.807) is 6.07 Å². The number of carbonyl (C=O) groups excluding carboxylic acids is 1. The van der Waals surface area contributed by atoms with E-state index in [1.165, 1.54) is 19.2 Å². The Morgan fingerprint density at radius 3 is 2.41 bits per heavy atom. The molecule has 0 fully saturated rings. The van der Waals surface area contributed by atoms with Crippen LogP contribution in [0.3, 0.4) is 0 Å². The number of nitrogens with one attached hydrogen (secondary N) is 2. The van der Waals surface area contributed by atoms with Gasteiger partial charge < -0.3 is 15.4 Å². The number of methoxy groups -OCH3 is 1. The van der Waals surface area contributed by atoms with E-state index < -0.39 is 29.2 Å². The van der Waals surface area contributed by atoms with Crippen LogP contribution in [-0.2, 0) is 0 Å². The summed E-state index contributed by atoms with van der Waals surface area (Å²) >= 11 is 5.80. The smallest absolute Gasteiger partial charge is 0.323 e. The number of anilines is 2. The van der Waals surface area contributed by atoms with Crippen molar-refractivity contribution in [1.82, 2.24) is 0 Å². The third-order valence-corrected chi connectivity index (χ3v) is 2.93. The fourth-order valence-corrected chi connectivity index (χ4v) is 1.85. The van der Waals surface area contributed by atoms with Crippen LogP contribution in [0.4, 0.5) is 29.3 Å². The van der Waals surface area contributed by atoms with Crippen molar-refractivity contribution in [3.8, 4) is 5.75 Å². The fraction of sp³-hybridized carbons (Fsp3) is 0.0714. The maximum atomic E-state index is 13.5. The number of benzene rings is 2. The summed E-state index contributed by atoms with van der Waals surface area (Å²) in [6.07, 6.45) is 0. The van der Waals surface area contributed by atoms with Gasteiger partial charge in [-0.25, -0.2) is 18.0 Å². The topological polar surface area (TPSA) is 50.4 Å². The molecule has 2 N–H and O–H groups in total. The molecule has 0 saturated carbocycles. The quantitative estimate of drug-likeness (QED) is 0.819. The number of amides is 2. The van der Waals surface area contributed by atoms with Crippen molar-refractivity contribution < 1.29 is 22.7 Å². The first-order valence-electron chi connectivity index (χ1n) is 5.97. The first-order chi connectivity index (χ1) is 10.4. The molecule has 2 aromatic rings. The minimum Gasteiger partial charge on any atom is -0.495 e. The Kier molecular flexibility index (Phi) is 4.77. The van der Waals surface area contributed by atoms with E-state index in [0.29, 0.717) is 16.8 Å². The second kappa shape index (κ2) is 6.57. The van der Waals surface area contributed by atoms with E-state index in [-0.39, 0.29) is 5.69 Å². The highest BCUT2D eigenvalue weighted by molar-refractivity contribution is 6.31. The number of hydrogen-bond acceptors (Lipinski definition) is 2. The summed E-state index contributed by atoms with van der Waals surface area (Å²) in [4.78, 5) is 11.8. The summed E-state index contributed by atoms with van der Waals surface area (Å²) in [5, 5.41) is 4.78. The highest BCUT2D eigenvalue weighted by Crippen LogP contribution is 2.28. The molecule has 0 unspecified atom stereocenters. The highest BCUT2D eigenvalue weighted by atomic mass is 35.5. The molecule has 0 aliphatic rings.